The number of nitrogens with zero attached hydrogens (tertiary/aromatic N) is 1. The summed E-state index contributed by atoms with van der Waals surface area (Å²) in [6.45, 7) is 0.287. The Kier molecular flexibility index (Phi) is 3.97. The minimum absolute atomic E-state index is 0.287. The topological polar surface area (TPSA) is 74.4 Å². The minimum Gasteiger partial charge on any atom is -0.485 e. The summed E-state index contributed by atoms with van der Waals surface area (Å²) in [5.41, 5.74) is 7.45. The molecule has 5 nitrogen and oxygen atoms in total. The molecule has 5 heteroatoms. The fourth-order valence-electron chi connectivity index (χ4n) is 1.51. The standard InChI is InChI=1S/C14H14N2O3/c1-18-14(17)10-6-7-11(16-8-10)9-19-13-5-3-2-4-12(13)15/h2-8H,9,15H2,1H3. The third kappa shape index (κ3) is 3.22. The maximum atomic E-state index is 11.2. The molecule has 0 atom stereocenters. The molecule has 98 valence electrons. The molecule has 0 aliphatic rings. The predicted molar refractivity (Wildman–Crippen MR) is 70.8 cm³/mol. The van der Waals surface area contributed by atoms with E-state index < -0.39 is 5.97 Å². The summed E-state index contributed by atoms with van der Waals surface area (Å²) in [6, 6.07) is 10.6. The first-order valence-electron chi connectivity index (χ1n) is 5.71. The van der Waals surface area contributed by atoms with E-state index in [1.807, 2.05) is 12.1 Å². The number of ether oxygens (including phenoxy) is 2. The summed E-state index contributed by atoms with van der Waals surface area (Å²) in [7, 11) is 1.33. The van der Waals surface area contributed by atoms with Crippen LogP contribution in [0.5, 0.6) is 5.75 Å². The fourth-order valence-corrected chi connectivity index (χ4v) is 1.51. The summed E-state index contributed by atoms with van der Waals surface area (Å²) in [5.74, 6) is 0.202. The number of hydrogen-bond acceptors (Lipinski definition) is 5. The number of rotatable bonds is 4. The van der Waals surface area contributed by atoms with Crippen molar-refractivity contribution in [3.8, 4) is 5.75 Å². The summed E-state index contributed by atoms with van der Waals surface area (Å²) in [6.07, 6.45) is 1.46. The monoisotopic (exact) mass is 258 g/mol. The van der Waals surface area contributed by atoms with Crippen molar-refractivity contribution in [3.63, 3.8) is 0 Å². The highest BCUT2D eigenvalue weighted by atomic mass is 16.5. The van der Waals surface area contributed by atoms with Gasteiger partial charge in [0.05, 0.1) is 24.1 Å². The molecule has 0 radical (unpaired) electrons. The van der Waals surface area contributed by atoms with Gasteiger partial charge >= 0.3 is 5.97 Å². The molecular weight excluding hydrogens is 244 g/mol. The van der Waals surface area contributed by atoms with Crippen LogP contribution in [-0.4, -0.2) is 18.1 Å². The lowest BCUT2D eigenvalue weighted by atomic mass is 10.2. The van der Waals surface area contributed by atoms with E-state index in [0.29, 0.717) is 22.7 Å². The van der Waals surface area contributed by atoms with E-state index in [-0.39, 0.29) is 6.61 Å². The maximum absolute atomic E-state index is 11.2. The number of aromatic nitrogens is 1. The van der Waals surface area contributed by atoms with Gasteiger partial charge in [-0.25, -0.2) is 4.79 Å². The van der Waals surface area contributed by atoms with E-state index in [1.165, 1.54) is 13.3 Å². The number of hydrogen-bond donors (Lipinski definition) is 1. The van der Waals surface area contributed by atoms with Crippen molar-refractivity contribution in [3.05, 3.63) is 53.9 Å². The number of carbonyl (C=O) groups is 1. The number of methoxy groups -OCH3 is 1. The number of nitrogen functional groups attached to an aromatic ring is 1. The van der Waals surface area contributed by atoms with Crippen LogP contribution in [0.2, 0.25) is 0 Å². The molecule has 0 saturated heterocycles. The van der Waals surface area contributed by atoms with Crippen LogP contribution >= 0.6 is 0 Å². The second-order valence-electron chi connectivity index (χ2n) is 3.86. The minimum atomic E-state index is -0.410. The van der Waals surface area contributed by atoms with E-state index >= 15 is 0 Å². The first-order valence-corrected chi connectivity index (χ1v) is 5.71. The Balaban J connectivity index is 2.01. The summed E-state index contributed by atoms with van der Waals surface area (Å²) in [5, 5.41) is 0. The van der Waals surface area contributed by atoms with Gasteiger partial charge in [-0.3, -0.25) is 4.98 Å². The zero-order valence-corrected chi connectivity index (χ0v) is 10.5. The summed E-state index contributed by atoms with van der Waals surface area (Å²) >= 11 is 0. The Morgan fingerprint density at radius 2 is 2.05 bits per heavy atom. The number of para-hydroxylation sites is 2. The number of pyridine rings is 1. The molecule has 1 aromatic heterocycles. The maximum Gasteiger partial charge on any atom is 0.339 e. The molecule has 0 fully saturated rings. The van der Waals surface area contributed by atoms with Crippen LogP contribution in [0.15, 0.2) is 42.6 Å². The van der Waals surface area contributed by atoms with Gasteiger partial charge in [0.15, 0.2) is 0 Å². The molecule has 2 N–H and O–H groups in total. The zero-order chi connectivity index (χ0) is 13.7. The lowest BCUT2D eigenvalue weighted by molar-refractivity contribution is 0.0600. The SMILES string of the molecule is COC(=O)c1ccc(COc2ccccc2N)nc1. The van der Waals surface area contributed by atoms with Crippen molar-refractivity contribution in [2.45, 2.75) is 6.61 Å². The third-order valence-corrected chi connectivity index (χ3v) is 2.54. The first kappa shape index (κ1) is 12.9. The van der Waals surface area contributed by atoms with E-state index in [9.17, 15) is 4.79 Å². The zero-order valence-electron chi connectivity index (χ0n) is 10.5. The van der Waals surface area contributed by atoms with Gasteiger partial charge in [-0.15, -0.1) is 0 Å². The Morgan fingerprint density at radius 1 is 1.26 bits per heavy atom. The van der Waals surface area contributed by atoms with Gasteiger partial charge < -0.3 is 15.2 Å². The van der Waals surface area contributed by atoms with Gasteiger partial charge in [-0.1, -0.05) is 12.1 Å². The van der Waals surface area contributed by atoms with Crippen molar-refractivity contribution in [1.82, 2.24) is 4.98 Å². The fraction of sp³-hybridized carbons (Fsp3) is 0.143. The molecule has 0 amide bonds. The number of carbonyl (C=O) groups excluding carboxylic acids is 1. The molecular formula is C14H14N2O3. The Labute approximate surface area is 111 Å². The van der Waals surface area contributed by atoms with Gasteiger partial charge in [0, 0.05) is 6.20 Å². The largest absolute Gasteiger partial charge is 0.485 e. The molecule has 0 bridgehead atoms. The number of benzene rings is 1. The van der Waals surface area contributed by atoms with Crippen molar-refractivity contribution >= 4 is 11.7 Å². The van der Waals surface area contributed by atoms with Crippen molar-refractivity contribution in [2.24, 2.45) is 0 Å². The second-order valence-corrected chi connectivity index (χ2v) is 3.86. The Morgan fingerprint density at radius 3 is 2.68 bits per heavy atom. The molecule has 0 saturated carbocycles. The van der Waals surface area contributed by atoms with E-state index in [0.717, 1.165) is 0 Å². The van der Waals surface area contributed by atoms with Gasteiger partial charge in [-0.2, -0.15) is 0 Å². The van der Waals surface area contributed by atoms with E-state index in [4.69, 9.17) is 10.5 Å². The predicted octanol–water partition coefficient (Wildman–Crippen LogP) is 2.03. The lowest BCUT2D eigenvalue weighted by Crippen LogP contribution is -2.04. The number of nitrogens with two attached hydrogens (primary N) is 1. The first-order chi connectivity index (χ1) is 9.20. The molecule has 0 spiro atoms. The second kappa shape index (κ2) is 5.86. The van der Waals surface area contributed by atoms with Crippen LogP contribution in [-0.2, 0) is 11.3 Å². The molecule has 2 rings (SSSR count). The van der Waals surface area contributed by atoms with Crippen LogP contribution in [0.3, 0.4) is 0 Å². The van der Waals surface area contributed by atoms with E-state index in [1.54, 1.807) is 24.3 Å². The van der Waals surface area contributed by atoms with E-state index in [2.05, 4.69) is 9.72 Å². The van der Waals surface area contributed by atoms with Crippen molar-refractivity contribution in [2.75, 3.05) is 12.8 Å². The molecule has 0 unspecified atom stereocenters. The number of esters is 1. The molecule has 2 aromatic rings. The molecule has 0 aliphatic heterocycles. The van der Waals surface area contributed by atoms with Gasteiger partial charge in [0.2, 0.25) is 0 Å². The van der Waals surface area contributed by atoms with Crippen molar-refractivity contribution < 1.29 is 14.3 Å². The van der Waals surface area contributed by atoms with Crippen LogP contribution in [0.1, 0.15) is 16.1 Å². The normalized spacial score (nSPS) is 9.95. The summed E-state index contributed by atoms with van der Waals surface area (Å²) < 4.78 is 10.1. The van der Waals surface area contributed by atoms with Crippen LogP contribution in [0.25, 0.3) is 0 Å². The Hall–Kier alpha value is -2.56. The quantitative estimate of drug-likeness (QED) is 0.671. The van der Waals surface area contributed by atoms with Crippen LogP contribution in [0.4, 0.5) is 5.69 Å². The van der Waals surface area contributed by atoms with Gasteiger partial charge in [0.25, 0.3) is 0 Å². The summed E-state index contributed by atoms with van der Waals surface area (Å²) in [4.78, 5) is 15.4. The smallest absolute Gasteiger partial charge is 0.339 e. The Bertz CT molecular complexity index is 567. The van der Waals surface area contributed by atoms with Crippen molar-refractivity contribution in [1.29, 1.82) is 0 Å². The average Bonchev–Trinajstić information content (AvgIpc) is 2.46. The van der Waals surface area contributed by atoms with Crippen LogP contribution in [0, 0.1) is 0 Å². The molecule has 1 aromatic carbocycles. The van der Waals surface area contributed by atoms with Gasteiger partial charge in [0.1, 0.15) is 12.4 Å². The highest BCUT2D eigenvalue weighted by Gasteiger charge is 2.06. The van der Waals surface area contributed by atoms with Gasteiger partial charge in [-0.05, 0) is 24.3 Å². The molecule has 0 aliphatic carbocycles. The third-order valence-electron chi connectivity index (χ3n) is 2.54. The average molecular weight is 258 g/mol. The lowest BCUT2D eigenvalue weighted by Gasteiger charge is -2.08. The molecule has 1 heterocycles. The highest BCUT2D eigenvalue weighted by Crippen LogP contribution is 2.20. The molecule has 19 heavy (non-hydrogen) atoms. The number of anilines is 1. The van der Waals surface area contributed by atoms with Crippen LogP contribution < -0.4 is 10.5 Å². The highest BCUT2D eigenvalue weighted by molar-refractivity contribution is 5.88.